The van der Waals surface area contributed by atoms with Gasteiger partial charge in [-0.05, 0) is 41.0 Å². The number of hydrogen-bond acceptors (Lipinski definition) is 7. The van der Waals surface area contributed by atoms with Crippen LogP contribution in [0, 0.1) is 11.3 Å². The SMILES string of the molecule is N#Cc1c(NC(=O)CCSc2c([O-])on[n+]2-c2ccccc2)sc2c1CCC(c1ccccc1)C2. The van der Waals surface area contributed by atoms with Crippen LogP contribution in [0.1, 0.15) is 40.3 Å². The predicted octanol–water partition coefficient (Wildman–Crippen LogP) is 4.35. The Bertz CT molecular complexity index is 1380. The first-order valence-corrected chi connectivity index (χ1v) is 13.1. The minimum atomic E-state index is -0.537. The van der Waals surface area contributed by atoms with Crippen LogP contribution in [0.2, 0.25) is 0 Å². The summed E-state index contributed by atoms with van der Waals surface area (Å²) in [4.78, 5) is 13.9. The smallest absolute Gasteiger partial charge is 0.297 e. The van der Waals surface area contributed by atoms with Gasteiger partial charge < -0.3 is 14.9 Å². The van der Waals surface area contributed by atoms with Crippen molar-refractivity contribution < 1.29 is 19.1 Å². The van der Waals surface area contributed by atoms with E-state index < -0.39 is 5.95 Å². The summed E-state index contributed by atoms with van der Waals surface area (Å²) in [5.74, 6) is 0.0698. The highest BCUT2D eigenvalue weighted by Gasteiger charge is 2.27. The minimum absolute atomic E-state index is 0.185. The number of benzene rings is 2. The highest BCUT2D eigenvalue weighted by molar-refractivity contribution is 7.99. The standard InChI is InChI=1S/C26H22N4O3S2/c27-16-21-20-12-11-18(17-7-3-1-4-8-17)15-22(20)35-24(21)28-23(31)13-14-34-25-26(32)33-29-30(25)19-9-5-2-6-10-19/h1-10,18H,11-15H2,(H-,28,29,31,32). The third kappa shape index (κ3) is 4.94. The summed E-state index contributed by atoms with van der Waals surface area (Å²) in [5, 5.41) is 29.6. The molecule has 1 amide bonds. The molecule has 1 aliphatic rings. The average Bonchev–Trinajstić information content (AvgIpc) is 3.43. The number of nitriles is 1. The van der Waals surface area contributed by atoms with E-state index in [4.69, 9.17) is 4.52 Å². The van der Waals surface area contributed by atoms with Gasteiger partial charge in [0.05, 0.1) is 10.8 Å². The number of aromatic nitrogens is 2. The first-order valence-electron chi connectivity index (χ1n) is 11.3. The summed E-state index contributed by atoms with van der Waals surface area (Å²) >= 11 is 2.73. The first-order chi connectivity index (χ1) is 17.1. The monoisotopic (exact) mass is 502 g/mol. The van der Waals surface area contributed by atoms with Gasteiger partial charge in [0, 0.05) is 29.2 Å². The topological polar surface area (TPSA) is 106 Å². The molecule has 1 N–H and O–H groups in total. The van der Waals surface area contributed by atoms with Gasteiger partial charge in [0.1, 0.15) is 11.1 Å². The van der Waals surface area contributed by atoms with Gasteiger partial charge in [-0.2, -0.15) is 5.26 Å². The summed E-state index contributed by atoms with van der Waals surface area (Å²) < 4.78 is 6.26. The fraction of sp³-hybridized carbons (Fsp3) is 0.231. The molecule has 0 aliphatic heterocycles. The maximum absolute atomic E-state index is 12.7. The van der Waals surface area contributed by atoms with Gasteiger partial charge in [0.25, 0.3) is 5.03 Å². The van der Waals surface area contributed by atoms with Crippen molar-refractivity contribution in [3.63, 3.8) is 0 Å². The molecular weight excluding hydrogens is 480 g/mol. The molecule has 0 spiro atoms. The van der Waals surface area contributed by atoms with Crippen molar-refractivity contribution in [1.29, 1.82) is 5.26 Å². The van der Waals surface area contributed by atoms with Crippen LogP contribution in [0.15, 0.2) is 70.2 Å². The van der Waals surface area contributed by atoms with E-state index in [0.717, 1.165) is 24.8 Å². The molecule has 2 aromatic heterocycles. The summed E-state index contributed by atoms with van der Waals surface area (Å²) in [6.45, 7) is 0. The molecule has 1 unspecified atom stereocenters. The van der Waals surface area contributed by atoms with Crippen LogP contribution in [0.25, 0.3) is 5.69 Å². The lowest BCUT2D eigenvalue weighted by Crippen LogP contribution is -2.34. The molecule has 1 aliphatic carbocycles. The molecule has 2 heterocycles. The molecule has 0 saturated heterocycles. The van der Waals surface area contributed by atoms with Crippen molar-refractivity contribution in [3.05, 3.63) is 82.2 Å². The van der Waals surface area contributed by atoms with E-state index in [9.17, 15) is 15.2 Å². The Balaban J connectivity index is 1.23. The van der Waals surface area contributed by atoms with Gasteiger partial charge in [-0.1, -0.05) is 60.3 Å². The van der Waals surface area contributed by atoms with Crippen LogP contribution >= 0.6 is 23.1 Å². The largest absolute Gasteiger partial charge is 0.538 e. The van der Waals surface area contributed by atoms with Gasteiger partial charge in [-0.15, -0.1) is 11.3 Å². The Hall–Kier alpha value is -3.61. The number of nitrogens with one attached hydrogen (secondary N) is 1. The number of nitrogens with zero attached hydrogens (tertiary/aromatic N) is 3. The van der Waals surface area contributed by atoms with Crippen LogP contribution in [-0.4, -0.2) is 16.9 Å². The molecule has 5 rings (SSSR count). The number of fused-ring (bicyclic) bond motifs is 1. The van der Waals surface area contributed by atoms with Crippen LogP contribution in [-0.2, 0) is 17.6 Å². The normalized spacial score (nSPS) is 14.8. The van der Waals surface area contributed by atoms with E-state index >= 15 is 0 Å². The van der Waals surface area contributed by atoms with E-state index in [2.05, 4.69) is 40.9 Å². The van der Waals surface area contributed by atoms with Gasteiger partial charge in [0.2, 0.25) is 11.6 Å². The summed E-state index contributed by atoms with van der Waals surface area (Å²) in [6, 6.07) is 21.9. The van der Waals surface area contributed by atoms with Crippen LogP contribution in [0.4, 0.5) is 5.00 Å². The average molecular weight is 503 g/mol. The number of thioether (sulfide) groups is 1. The number of amides is 1. The van der Waals surface area contributed by atoms with E-state index in [-0.39, 0.29) is 12.3 Å². The zero-order chi connectivity index (χ0) is 24.2. The van der Waals surface area contributed by atoms with Crippen molar-refractivity contribution >= 4 is 34.0 Å². The molecule has 0 saturated carbocycles. The number of rotatable bonds is 7. The lowest BCUT2D eigenvalue weighted by molar-refractivity contribution is -0.705. The fourth-order valence-electron chi connectivity index (χ4n) is 4.33. The highest BCUT2D eigenvalue weighted by Crippen LogP contribution is 2.42. The summed E-state index contributed by atoms with van der Waals surface area (Å²) in [6.07, 6.45) is 2.89. The quantitative estimate of drug-likeness (QED) is 0.297. The molecule has 4 aromatic rings. The fourth-order valence-corrected chi connectivity index (χ4v) is 6.52. The zero-order valence-electron chi connectivity index (χ0n) is 18.8. The number of hydrogen-bond donors (Lipinski definition) is 1. The molecular formula is C26H22N4O3S2. The minimum Gasteiger partial charge on any atom is -0.538 e. The van der Waals surface area contributed by atoms with Crippen molar-refractivity contribution in [2.45, 2.75) is 36.6 Å². The molecule has 0 bridgehead atoms. The third-order valence-electron chi connectivity index (χ3n) is 6.04. The van der Waals surface area contributed by atoms with E-state index in [1.165, 1.54) is 38.2 Å². The zero-order valence-corrected chi connectivity index (χ0v) is 20.4. The maximum atomic E-state index is 12.7. The van der Waals surface area contributed by atoms with E-state index in [1.807, 2.05) is 36.4 Å². The van der Waals surface area contributed by atoms with Gasteiger partial charge >= 0.3 is 0 Å². The molecule has 176 valence electrons. The Labute approximate surface area is 211 Å². The number of para-hydroxylation sites is 1. The molecule has 0 radical (unpaired) electrons. The predicted molar refractivity (Wildman–Crippen MR) is 132 cm³/mol. The second-order valence-electron chi connectivity index (χ2n) is 8.23. The first kappa shape index (κ1) is 23.1. The van der Waals surface area contributed by atoms with Crippen LogP contribution in [0.5, 0.6) is 5.95 Å². The molecule has 7 nitrogen and oxygen atoms in total. The van der Waals surface area contributed by atoms with Gasteiger partial charge in [-0.25, -0.2) is 0 Å². The molecule has 1 atom stereocenters. The second-order valence-corrected chi connectivity index (χ2v) is 10.4. The lowest BCUT2D eigenvalue weighted by Gasteiger charge is -2.22. The lowest BCUT2D eigenvalue weighted by atomic mass is 9.83. The van der Waals surface area contributed by atoms with Gasteiger partial charge in [-0.3, -0.25) is 4.79 Å². The van der Waals surface area contributed by atoms with Crippen LogP contribution in [0.3, 0.4) is 0 Å². The van der Waals surface area contributed by atoms with Crippen molar-refractivity contribution in [2.24, 2.45) is 0 Å². The molecule has 2 aromatic carbocycles. The number of thiophene rings is 1. The summed E-state index contributed by atoms with van der Waals surface area (Å²) in [7, 11) is 0. The Morgan fingerprint density at radius 1 is 1.23 bits per heavy atom. The third-order valence-corrected chi connectivity index (χ3v) is 8.23. The van der Waals surface area contributed by atoms with Gasteiger partial charge in [0.15, 0.2) is 5.95 Å². The number of carbonyl (C=O) groups is 1. The Morgan fingerprint density at radius 2 is 1.97 bits per heavy atom. The van der Waals surface area contributed by atoms with Crippen molar-refractivity contribution in [2.75, 3.05) is 11.1 Å². The Kier molecular flexibility index (Phi) is 6.84. The summed E-state index contributed by atoms with van der Waals surface area (Å²) in [5.41, 5.74) is 3.67. The molecule has 9 heteroatoms. The Morgan fingerprint density at radius 3 is 2.71 bits per heavy atom. The van der Waals surface area contributed by atoms with E-state index in [0.29, 0.717) is 32.9 Å². The highest BCUT2D eigenvalue weighted by atomic mass is 32.2. The number of anilines is 1. The molecule has 35 heavy (non-hydrogen) atoms. The van der Waals surface area contributed by atoms with Crippen LogP contribution < -0.4 is 15.1 Å². The van der Waals surface area contributed by atoms with Crippen molar-refractivity contribution in [3.8, 4) is 17.7 Å². The second kappa shape index (κ2) is 10.3. The molecule has 0 fully saturated rings. The van der Waals surface area contributed by atoms with Crippen molar-refractivity contribution in [1.82, 2.24) is 5.27 Å². The number of carbonyl (C=O) groups excluding carboxylic acids is 1. The van der Waals surface area contributed by atoms with E-state index in [1.54, 1.807) is 0 Å². The maximum Gasteiger partial charge on any atom is 0.297 e.